The first-order chi connectivity index (χ1) is 10.1. The van der Waals surface area contributed by atoms with Crippen LogP contribution in [0.15, 0.2) is 36.5 Å². The van der Waals surface area contributed by atoms with Gasteiger partial charge in [0, 0.05) is 20.3 Å². The lowest BCUT2D eigenvalue weighted by Crippen LogP contribution is -2.25. The second-order valence-electron chi connectivity index (χ2n) is 4.61. The lowest BCUT2D eigenvalue weighted by molar-refractivity contribution is 0.0947. The molecule has 1 amide bonds. The summed E-state index contributed by atoms with van der Waals surface area (Å²) >= 11 is 0. The van der Waals surface area contributed by atoms with Crippen LogP contribution in [0.2, 0.25) is 0 Å². The Hall–Kier alpha value is -2.63. The Labute approximate surface area is 123 Å². The minimum Gasteiger partial charge on any atom is -0.496 e. The van der Waals surface area contributed by atoms with Crippen molar-refractivity contribution in [2.75, 3.05) is 26.1 Å². The molecule has 2 aromatic rings. The average Bonchev–Trinajstić information content (AvgIpc) is 2.52. The minimum atomic E-state index is -0.216. The molecule has 110 valence electrons. The number of hydrogen-bond acceptors (Lipinski definition) is 5. The van der Waals surface area contributed by atoms with Crippen molar-refractivity contribution >= 4 is 11.7 Å². The summed E-state index contributed by atoms with van der Waals surface area (Å²) in [7, 11) is 5.34. The third kappa shape index (κ3) is 3.68. The summed E-state index contributed by atoms with van der Waals surface area (Å²) in [5, 5.41) is 2.79. The van der Waals surface area contributed by atoms with Gasteiger partial charge in [-0.05, 0) is 18.2 Å². The summed E-state index contributed by atoms with van der Waals surface area (Å²) in [6.45, 7) is 0.262. The van der Waals surface area contributed by atoms with Crippen molar-refractivity contribution in [3.05, 3.63) is 47.9 Å². The van der Waals surface area contributed by atoms with E-state index in [1.807, 2.05) is 31.1 Å². The molecule has 0 saturated carbocycles. The molecule has 21 heavy (non-hydrogen) atoms. The molecule has 0 atom stereocenters. The van der Waals surface area contributed by atoms with Crippen molar-refractivity contribution in [1.82, 2.24) is 15.3 Å². The fraction of sp³-hybridized carbons (Fsp3) is 0.267. The Morgan fingerprint density at radius 2 is 2.05 bits per heavy atom. The molecule has 2 rings (SSSR count). The highest BCUT2D eigenvalue weighted by Gasteiger charge is 2.11. The second-order valence-corrected chi connectivity index (χ2v) is 4.61. The molecule has 1 N–H and O–H groups in total. The zero-order valence-corrected chi connectivity index (χ0v) is 12.3. The Bertz CT molecular complexity index is 629. The summed E-state index contributed by atoms with van der Waals surface area (Å²) in [4.78, 5) is 22.5. The maximum absolute atomic E-state index is 12.2. The van der Waals surface area contributed by atoms with Crippen LogP contribution in [0.3, 0.4) is 0 Å². The van der Waals surface area contributed by atoms with E-state index in [-0.39, 0.29) is 12.5 Å². The summed E-state index contributed by atoms with van der Waals surface area (Å²) in [6.07, 6.45) is 1.67. The van der Waals surface area contributed by atoms with Crippen LogP contribution in [0, 0.1) is 0 Å². The van der Waals surface area contributed by atoms with E-state index in [0.717, 1.165) is 5.82 Å². The molecule has 0 saturated heterocycles. The van der Waals surface area contributed by atoms with Gasteiger partial charge in [0.15, 0.2) is 0 Å². The van der Waals surface area contributed by atoms with E-state index < -0.39 is 0 Å². The zero-order valence-electron chi connectivity index (χ0n) is 12.3. The molecule has 6 nitrogen and oxygen atoms in total. The lowest BCUT2D eigenvalue weighted by Gasteiger charge is -2.12. The standard InChI is InChI=1S/C15H18N4O2/c1-19(2)14-8-9-16-13(18-14)10-17-15(20)11-6-4-5-7-12(11)21-3/h4-9H,10H2,1-3H3,(H,17,20). The van der Waals surface area contributed by atoms with Gasteiger partial charge in [-0.15, -0.1) is 0 Å². The molecule has 0 radical (unpaired) electrons. The molecule has 0 aliphatic heterocycles. The first-order valence-electron chi connectivity index (χ1n) is 6.52. The van der Waals surface area contributed by atoms with Crippen LogP contribution in [0.25, 0.3) is 0 Å². The number of hydrogen-bond donors (Lipinski definition) is 1. The van der Waals surface area contributed by atoms with Crippen molar-refractivity contribution in [3.63, 3.8) is 0 Å². The number of benzene rings is 1. The van der Waals surface area contributed by atoms with Gasteiger partial charge in [0.05, 0.1) is 19.2 Å². The van der Waals surface area contributed by atoms with Gasteiger partial charge in [0.2, 0.25) is 0 Å². The van der Waals surface area contributed by atoms with E-state index in [4.69, 9.17) is 4.74 Å². The number of ether oxygens (including phenoxy) is 1. The highest BCUT2D eigenvalue weighted by Crippen LogP contribution is 2.16. The zero-order chi connectivity index (χ0) is 15.2. The Balaban J connectivity index is 2.06. The van der Waals surface area contributed by atoms with Crippen LogP contribution >= 0.6 is 0 Å². The van der Waals surface area contributed by atoms with Crippen LogP contribution in [-0.4, -0.2) is 37.1 Å². The largest absolute Gasteiger partial charge is 0.496 e. The van der Waals surface area contributed by atoms with Gasteiger partial charge < -0.3 is 15.0 Å². The van der Waals surface area contributed by atoms with Crippen LogP contribution in [0.4, 0.5) is 5.82 Å². The van der Waals surface area contributed by atoms with E-state index in [1.165, 1.54) is 7.11 Å². The van der Waals surface area contributed by atoms with E-state index in [1.54, 1.807) is 24.4 Å². The Kier molecular flexibility index (Phi) is 4.71. The van der Waals surface area contributed by atoms with Gasteiger partial charge in [-0.25, -0.2) is 9.97 Å². The normalized spacial score (nSPS) is 10.0. The van der Waals surface area contributed by atoms with Crippen LogP contribution < -0.4 is 15.0 Å². The molecule has 0 aliphatic rings. The number of amides is 1. The summed E-state index contributed by atoms with van der Waals surface area (Å²) < 4.78 is 5.17. The number of aromatic nitrogens is 2. The monoisotopic (exact) mass is 286 g/mol. The molecule has 0 aliphatic carbocycles. The van der Waals surface area contributed by atoms with E-state index in [2.05, 4.69) is 15.3 Å². The first kappa shape index (κ1) is 14.8. The van der Waals surface area contributed by atoms with Gasteiger partial charge in [0.1, 0.15) is 17.4 Å². The van der Waals surface area contributed by atoms with Crippen molar-refractivity contribution in [3.8, 4) is 5.75 Å². The van der Waals surface area contributed by atoms with Crippen LogP contribution in [-0.2, 0) is 6.54 Å². The van der Waals surface area contributed by atoms with Crippen LogP contribution in [0.1, 0.15) is 16.2 Å². The highest BCUT2D eigenvalue weighted by molar-refractivity contribution is 5.96. The molecule has 1 heterocycles. The molecule has 0 bridgehead atoms. The van der Waals surface area contributed by atoms with Crippen molar-refractivity contribution in [2.45, 2.75) is 6.54 Å². The Morgan fingerprint density at radius 3 is 2.76 bits per heavy atom. The van der Waals surface area contributed by atoms with E-state index in [9.17, 15) is 4.79 Å². The topological polar surface area (TPSA) is 67.3 Å². The fourth-order valence-electron chi connectivity index (χ4n) is 1.81. The fourth-order valence-corrected chi connectivity index (χ4v) is 1.81. The molecule has 0 fully saturated rings. The number of carbonyl (C=O) groups excluding carboxylic acids is 1. The van der Waals surface area contributed by atoms with Crippen molar-refractivity contribution < 1.29 is 9.53 Å². The number of anilines is 1. The molecular weight excluding hydrogens is 268 g/mol. The van der Waals surface area contributed by atoms with Crippen molar-refractivity contribution in [2.24, 2.45) is 0 Å². The third-order valence-corrected chi connectivity index (χ3v) is 2.91. The minimum absolute atomic E-state index is 0.216. The molecule has 6 heteroatoms. The quantitative estimate of drug-likeness (QED) is 0.901. The lowest BCUT2D eigenvalue weighted by atomic mass is 10.2. The molecule has 0 unspecified atom stereocenters. The predicted molar refractivity (Wildman–Crippen MR) is 80.5 cm³/mol. The van der Waals surface area contributed by atoms with Gasteiger partial charge in [-0.2, -0.15) is 0 Å². The second kappa shape index (κ2) is 6.69. The number of para-hydroxylation sites is 1. The number of nitrogens with zero attached hydrogens (tertiary/aromatic N) is 3. The molecule has 1 aromatic carbocycles. The number of nitrogens with one attached hydrogen (secondary N) is 1. The number of methoxy groups -OCH3 is 1. The number of rotatable bonds is 5. The summed E-state index contributed by atoms with van der Waals surface area (Å²) in [6, 6.07) is 8.88. The molecule has 1 aromatic heterocycles. The summed E-state index contributed by atoms with van der Waals surface area (Å²) in [5.41, 5.74) is 0.490. The maximum atomic E-state index is 12.2. The van der Waals surface area contributed by atoms with Crippen LogP contribution in [0.5, 0.6) is 5.75 Å². The smallest absolute Gasteiger partial charge is 0.255 e. The van der Waals surface area contributed by atoms with Gasteiger partial charge in [0.25, 0.3) is 5.91 Å². The number of carbonyl (C=O) groups is 1. The SMILES string of the molecule is COc1ccccc1C(=O)NCc1nccc(N(C)C)n1. The van der Waals surface area contributed by atoms with Gasteiger partial charge in [-0.3, -0.25) is 4.79 Å². The average molecular weight is 286 g/mol. The van der Waals surface area contributed by atoms with Gasteiger partial charge in [-0.1, -0.05) is 12.1 Å². The Morgan fingerprint density at radius 1 is 1.29 bits per heavy atom. The first-order valence-corrected chi connectivity index (χ1v) is 6.52. The summed E-state index contributed by atoms with van der Waals surface area (Å²) in [5.74, 6) is 1.68. The predicted octanol–water partition coefficient (Wildman–Crippen LogP) is 1.48. The molecular formula is C15H18N4O2. The highest BCUT2D eigenvalue weighted by atomic mass is 16.5. The molecule has 0 spiro atoms. The van der Waals surface area contributed by atoms with Gasteiger partial charge >= 0.3 is 0 Å². The van der Waals surface area contributed by atoms with E-state index in [0.29, 0.717) is 17.1 Å². The van der Waals surface area contributed by atoms with Crippen molar-refractivity contribution in [1.29, 1.82) is 0 Å². The van der Waals surface area contributed by atoms with E-state index >= 15 is 0 Å². The maximum Gasteiger partial charge on any atom is 0.255 e. The third-order valence-electron chi connectivity index (χ3n) is 2.91.